The Hall–Kier alpha value is -1.89. The molecule has 0 saturated carbocycles. The predicted octanol–water partition coefficient (Wildman–Crippen LogP) is 2.67. The van der Waals surface area contributed by atoms with Gasteiger partial charge in [0.2, 0.25) is 0 Å². The average molecular weight is 254 g/mol. The molecule has 0 amide bonds. The summed E-state index contributed by atoms with van der Waals surface area (Å²) in [5.74, 6) is 0.763. The van der Waals surface area contributed by atoms with E-state index in [1.54, 1.807) is 12.4 Å². The van der Waals surface area contributed by atoms with E-state index in [9.17, 15) is 0 Å². The van der Waals surface area contributed by atoms with Crippen molar-refractivity contribution < 1.29 is 0 Å². The Labute approximate surface area is 113 Å². The SMILES string of the molecule is N#Cc1nccnc1N1CCC[C@]2(CC=CCC2)C1. The monoisotopic (exact) mass is 254 g/mol. The van der Waals surface area contributed by atoms with Crippen LogP contribution in [0.1, 0.15) is 37.8 Å². The van der Waals surface area contributed by atoms with Gasteiger partial charge >= 0.3 is 0 Å². The molecule has 1 aromatic heterocycles. The van der Waals surface area contributed by atoms with Gasteiger partial charge in [-0.05, 0) is 37.5 Å². The van der Waals surface area contributed by atoms with Crippen LogP contribution in [0.4, 0.5) is 5.82 Å². The van der Waals surface area contributed by atoms with Gasteiger partial charge in [-0.2, -0.15) is 5.26 Å². The molecular formula is C15H18N4. The molecular weight excluding hydrogens is 236 g/mol. The lowest BCUT2D eigenvalue weighted by molar-refractivity contribution is 0.209. The van der Waals surface area contributed by atoms with Crippen molar-refractivity contribution in [1.29, 1.82) is 5.26 Å². The molecule has 1 aliphatic heterocycles. The lowest BCUT2D eigenvalue weighted by atomic mass is 9.71. The van der Waals surface area contributed by atoms with Crippen LogP contribution >= 0.6 is 0 Å². The average Bonchev–Trinajstić information content (AvgIpc) is 2.48. The minimum Gasteiger partial charge on any atom is -0.354 e. The number of nitriles is 1. The first kappa shape index (κ1) is 12.2. The van der Waals surface area contributed by atoms with Crippen LogP contribution in [0.15, 0.2) is 24.5 Å². The van der Waals surface area contributed by atoms with Crippen LogP contribution in [0.25, 0.3) is 0 Å². The summed E-state index contributed by atoms with van der Waals surface area (Å²) in [6.07, 6.45) is 13.9. The van der Waals surface area contributed by atoms with E-state index >= 15 is 0 Å². The standard InChI is InChI=1S/C15H18N4/c16-11-13-14(18-9-8-17-13)19-10-4-7-15(12-19)5-2-1-3-6-15/h1-2,8-9H,3-7,10,12H2/t15-/m1/s1. The van der Waals surface area contributed by atoms with Crippen LogP contribution < -0.4 is 4.90 Å². The molecule has 1 saturated heterocycles. The van der Waals surface area contributed by atoms with E-state index < -0.39 is 0 Å². The Morgan fingerprint density at radius 1 is 1.21 bits per heavy atom. The summed E-state index contributed by atoms with van der Waals surface area (Å²) >= 11 is 0. The van der Waals surface area contributed by atoms with Gasteiger partial charge in [0.25, 0.3) is 0 Å². The first-order valence-electron chi connectivity index (χ1n) is 6.94. The van der Waals surface area contributed by atoms with E-state index in [2.05, 4.69) is 33.1 Å². The van der Waals surface area contributed by atoms with Crippen molar-refractivity contribution in [2.75, 3.05) is 18.0 Å². The van der Waals surface area contributed by atoms with Gasteiger partial charge in [-0.15, -0.1) is 0 Å². The van der Waals surface area contributed by atoms with Gasteiger partial charge in [-0.25, -0.2) is 9.97 Å². The van der Waals surface area contributed by atoms with Crippen molar-refractivity contribution in [3.8, 4) is 6.07 Å². The topological polar surface area (TPSA) is 52.8 Å². The van der Waals surface area contributed by atoms with Crippen LogP contribution in [-0.2, 0) is 0 Å². The minimum atomic E-state index is 0.386. The summed E-state index contributed by atoms with van der Waals surface area (Å²) in [4.78, 5) is 10.8. The van der Waals surface area contributed by atoms with E-state index in [1.807, 2.05) is 0 Å². The number of piperidine rings is 1. The Morgan fingerprint density at radius 2 is 2.11 bits per heavy atom. The van der Waals surface area contributed by atoms with Crippen molar-refractivity contribution in [1.82, 2.24) is 9.97 Å². The predicted molar refractivity (Wildman–Crippen MR) is 73.6 cm³/mol. The van der Waals surface area contributed by atoms with Crippen molar-refractivity contribution in [3.63, 3.8) is 0 Å². The lowest BCUT2D eigenvalue weighted by Gasteiger charge is -2.44. The fraction of sp³-hybridized carbons (Fsp3) is 0.533. The van der Waals surface area contributed by atoms with E-state index in [-0.39, 0.29) is 0 Å². The number of nitrogens with zero attached hydrogens (tertiary/aromatic N) is 4. The van der Waals surface area contributed by atoms with E-state index in [1.165, 1.54) is 25.7 Å². The number of allylic oxidation sites excluding steroid dienone is 2. The first-order valence-corrected chi connectivity index (χ1v) is 6.94. The smallest absolute Gasteiger partial charge is 0.183 e. The molecule has 0 radical (unpaired) electrons. The third kappa shape index (κ3) is 2.33. The van der Waals surface area contributed by atoms with Gasteiger partial charge in [0, 0.05) is 25.5 Å². The van der Waals surface area contributed by atoms with Crippen LogP contribution in [0.3, 0.4) is 0 Å². The summed E-state index contributed by atoms with van der Waals surface area (Å²) in [5, 5.41) is 9.16. The van der Waals surface area contributed by atoms with E-state index in [0.29, 0.717) is 11.1 Å². The summed E-state index contributed by atoms with van der Waals surface area (Å²) in [6.45, 7) is 1.99. The highest BCUT2D eigenvalue weighted by molar-refractivity contribution is 5.50. The summed E-state index contributed by atoms with van der Waals surface area (Å²) in [6, 6.07) is 2.15. The van der Waals surface area contributed by atoms with Gasteiger partial charge in [0.15, 0.2) is 11.5 Å². The molecule has 0 aromatic carbocycles. The van der Waals surface area contributed by atoms with Crippen LogP contribution in [0.2, 0.25) is 0 Å². The maximum atomic E-state index is 9.16. The Kier molecular flexibility index (Phi) is 3.20. The zero-order valence-electron chi connectivity index (χ0n) is 11.0. The largest absolute Gasteiger partial charge is 0.354 e. The molecule has 3 rings (SSSR count). The molecule has 2 aliphatic rings. The quantitative estimate of drug-likeness (QED) is 0.723. The highest BCUT2D eigenvalue weighted by atomic mass is 15.2. The van der Waals surface area contributed by atoms with E-state index in [4.69, 9.17) is 5.26 Å². The normalized spacial score (nSPS) is 26.4. The maximum Gasteiger partial charge on any atom is 0.183 e. The number of anilines is 1. The maximum absolute atomic E-state index is 9.16. The summed E-state index contributed by atoms with van der Waals surface area (Å²) < 4.78 is 0. The Morgan fingerprint density at radius 3 is 2.89 bits per heavy atom. The van der Waals surface area contributed by atoms with Crippen LogP contribution in [0.5, 0.6) is 0 Å². The molecule has 0 unspecified atom stereocenters. The number of hydrogen-bond donors (Lipinski definition) is 0. The van der Waals surface area contributed by atoms with Crippen LogP contribution in [0, 0.1) is 16.7 Å². The zero-order valence-corrected chi connectivity index (χ0v) is 11.0. The molecule has 1 atom stereocenters. The summed E-state index contributed by atoms with van der Waals surface area (Å²) in [7, 11) is 0. The third-order valence-electron chi connectivity index (χ3n) is 4.30. The molecule has 1 aromatic rings. The molecule has 0 N–H and O–H groups in total. The molecule has 1 spiro atoms. The molecule has 4 nitrogen and oxygen atoms in total. The highest BCUT2D eigenvalue weighted by Gasteiger charge is 2.36. The number of hydrogen-bond acceptors (Lipinski definition) is 4. The minimum absolute atomic E-state index is 0.386. The number of rotatable bonds is 1. The molecule has 98 valence electrons. The fourth-order valence-corrected chi connectivity index (χ4v) is 3.34. The molecule has 2 heterocycles. The lowest BCUT2D eigenvalue weighted by Crippen LogP contribution is -2.44. The van der Waals surface area contributed by atoms with Gasteiger partial charge in [0.05, 0.1) is 0 Å². The Balaban J connectivity index is 1.86. The van der Waals surface area contributed by atoms with Gasteiger partial charge < -0.3 is 4.90 Å². The fourth-order valence-electron chi connectivity index (χ4n) is 3.34. The zero-order chi connectivity index (χ0) is 13.1. The van der Waals surface area contributed by atoms with Crippen molar-refractivity contribution in [3.05, 3.63) is 30.2 Å². The van der Waals surface area contributed by atoms with Crippen LogP contribution in [-0.4, -0.2) is 23.1 Å². The first-order chi connectivity index (χ1) is 9.33. The summed E-state index contributed by atoms with van der Waals surface area (Å²) in [5.41, 5.74) is 0.836. The molecule has 0 bridgehead atoms. The van der Waals surface area contributed by atoms with Gasteiger partial charge in [-0.3, -0.25) is 0 Å². The van der Waals surface area contributed by atoms with Crippen molar-refractivity contribution in [2.24, 2.45) is 5.41 Å². The van der Waals surface area contributed by atoms with Crippen molar-refractivity contribution in [2.45, 2.75) is 32.1 Å². The number of aromatic nitrogens is 2. The molecule has 19 heavy (non-hydrogen) atoms. The Bertz CT molecular complexity index is 531. The van der Waals surface area contributed by atoms with Crippen molar-refractivity contribution >= 4 is 5.82 Å². The van der Waals surface area contributed by atoms with Gasteiger partial charge in [0.1, 0.15) is 6.07 Å². The highest BCUT2D eigenvalue weighted by Crippen LogP contribution is 2.41. The second kappa shape index (κ2) is 5.00. The molecule has 1 aliphatic carbocycles. The van der Waals surface area contributed by atoms with Gasteiger partial charge in [-0.1, -0.05) is 12.2 Å². The second-order valence-electron chi connectivity index (χ2n) is 5.58. The molecule has 1 fully saturated rings. The van der Waals surface area contributed by atoms with E-state index in [0.717, 1.165) is 25.3 Å². The molecule has 4 heteroatoms. The third-order valence-corrected chi connectivity index (χ3v) is 4.30. The second-order valence-corrected chi connectivity index (χ2v) is 5.58.